The molecule has 6 unspecified atom stereocenters. The van der Waals surface area contributed by atoms with Crippen LogP contribution in [0.1, 0.15) is 105 Å². The molecule has 4 rings (SSSR count). The van der Waals surface area contributed by atoms with E-state index < -0.39 is 0 Å². The summed E-state index contributed by atoms with van der Waals surface area (Å²) in [7, 11) is 0. The summed E-state index contributed by atoms with van der Waals surface area (Å²) in [6, 6.07) is 0. The topological polar surface area (TPSA) is 17.1 Å². The second-order valence-electron chi connectivity index (χ2n) is 11.5. The Morgan fingerprint density at radius 2 is 1.89 bits per heavy atom. The molecule has 28 heavy (non-hydrogen) atoms. The fourth-order valence-corrected chi connectivity index (χ4v) is 8.06. The Morgan fingerprint density at radius 3 is 2.64 bits per heavy atom. The van der Waals surface area contributed by atoms with E-state index in [2.05, 4.69) is 40.7 Å². The van der Waals surface area contributed by atoms with E-state index in [-0.39, 0.29) is 0 Å². The second kappa shape index (κ2) is 7.44. The molecule has 1 nitrogen and oxygen atoms in total. The zero-order chi connectivity index (χ0) is 20.1. The normalized spacial score (nSPS) is 41.2. The van der Waals surface area contributed by atoms with Gasteiger partial charge in [0, 0.05) is 12.8 Å². The Kier molecular flexibility index (Phi) is 5.43. The Hall–Kier alpha value is -0.850. The van der Waals surface area contributed by atoms with E-state index in [1.807, 2.05) is 11.1 Å². The fourth-order valence-electron chi connectivity index (χ4n) is 8.06. The van der Waals surface area contributed by atoms with Crippen molar-refractivity contribution in [2.24, 2.45) is 34.5 Å². The van der Waals surface area contributed by atoms with Crippen LogP contribution in [0.2, 0.25) is 0 Å². The van der Waals surface area contributed by atoms with Crippen LogP contribution in [0.15, 0.2) is 22.8 Å². The molecule has 4 aliphatic carbocycles. The first-order valence-electron chi connectivity index (χ1n) is 12.1. The van der Waals surface area contributed by atoms with E-state index in [1.165, 1.54) is 56.9 Å². The van der Waals surface area contributed by atoms with Crippen LogP contribution in [-0.4, -0.2) is 5.78 Å². The standard InChI is InChI=1S/C27H42O/c1-18(2)7-6-8-19(3)23-11-12-24-22-10-9-20-17-21(28)13-15-26(20,4)25(22)14-16-27(23,24)5/h7,19-20,23-24H,6,8-17H2,1-5H3. The summed E-state index contributed by atoms with van der Waals surface area (Å²) in [6.07, 6.45) is 16.0. The van der Waals surface area contributed by atoms with Crippen LogP contribution < -0.4 is 0 Å². The van der Waals surface area contributed by atoms with Crippen LogP contribution in [0.4, 0.5) is 0 Å². The largest absolute Gasteiger partial charge is 0.300 e. The average molecular weight is 383 g/mol. The fraction of sp³-hybridized carbons (Fsp3) is 0.815. The second-order valence-corrected chi connectivity index (χ2v) is 11.5. The van der Waals surface area contributed by atoms with Crippen LogP contribution in [0.25, 0.3) is 0 Å². The van der Waals surface area contributed by atoms with Crippen LogP contribution in [0.5, 0.6) is 0 Å². The number of allylic oxidation sites excluding steroid dienone is 4. The van der Waals surface area contributed by atoms with Crippen LogP contribution >= 0.6 is 0 Å². The van der Waals surface area contributed by atoms with Crippen molar-refractivity contribution in [3.8, 4) is 0 Å². The molecule has 4 aliphatic rings. The van der Waals surface area contributed by atoms with E-state index in [4.69, 9.17) is 0 Å². The molecule has 0 radical (unpaired) electrons. The van der Waals surface area contributed by atoms with Gasteiger partial charge in [-0.1, -0.05) is 43.6 Å². The molecule has 0 N–H and O–H groups in total. The number of carbonyl (C=O) groups is 1. The van der Waals surface area contributed by atoms with E-state index in [1.54, 1.807) is 0 Å². The predicted molar refractivity (Wildman–Crippen MR) is 118 cm³/mol. The zero-order valence-corrected chi connectivity index (χ0v) is 19.1. The van der Waals surface area contributed by atoms with E-state index >= 15 is 0 Å². The Labute approximate surface area is 173 Å². The molecule has 0 bridgehead atoms. The first-order chi connectivity index (χ1) is 13.3. The summed E-state index contributed by atoms with van der Waals surface area (Å²) in [5.74, 6) is 3.74. The van der Waals surface area contributed by atoms with Gasteiger partial charge in [-0.05, 0) is 106 Å². The van der Waals surface area contributed by atoms with Crippen LogP contribution in [0.3, 0.4) is 0 Å². The Balaban J connectivity index is 1.56. The number of hydrogen-bond acceptors (Lipinski definition) is 1. The molecule has 0 aromatic rings. The third-order valence-corrected chi connectivity index (χ3v) is 9.74. The maximum atomic E-state index is 12.1. The molecule has 0 heterocycles. The van der Waals surface area contributed by atoms with Gasteiger partial charge < -0.3 is 0 Å². The number of carbonyl (C=O) groups excluding carboxylic acids is 1. The van der Waals surface area contributed by atoms with Gasteiger partial charge in [-0.25, -0.2) is 0 Å². The summed E-state index contributed by atoms with van der Waals surface area (Å²) in [5, 5.41) is 0. The van der Waals surface area contributed by atoms with Gasteiger partial charge in [0.25, 0.3) is 0 Å². The number of rotatable bonds is 4. The smallest absolute Gasteiger partial charge is 0.133 e. The van der Waals surface area contributed by atoms with Crippen molar-refractivity contribution in [2.75, 3.05) is 0 Å². The van der Waals surface area contributed by atoms with Gasteiger partial charge >= 0.3 is 0 Å². The summed E-state index contributed by atoms with van der Waals surface area (Å²) in [5.41, 5.74) is 6.04. The summed E-state index contributed by atoms with van der Waals surface area (Å²) >= 11 is 0. The van der Waals surface area contributed by atoms with Gasteiger partial charge in [-0.2, -0.15) is 0 Å². The molecular formula is C27H42O. The van der Waals surface area contributed by atoms with Crippen LogP contribution in [0, 0.1) is 34.5 Å². The van der Waals surface area contributed by atoms with E-state index in [9.17, 15) is 4.79 Å². The molecular weight excluding hydrogens is 340 g/mol. The molecule has 0 saturated heterocycles. The average Bonchev–Trinajstić information content (AvgIpc) is 2.99. The minimum Gasteiger partial charge on any atom is -0.300 e. The van der Waals surface area contributed by atoms with E-state index in [0.717, 1.165) is 37.0 Å². The van der Waals surface area contributed by atoms with Gasteiger partial charge in [-0.15, -0.1) is 0 Å². The molecule has 2 saturated carbocycles. The molecule has 6 atom stereocenters. The number of ketones is 1. The number of fused-ring (bicyclic) bond motifs is 4. The lowest BCUT2D eigenvalue weighted by Crippen LogP contribution is -2.45. The number of Topliss-reactive ketones (excluding diaryl/α,β-unsaturated/α-hetero) is 1. The van der Waals surface area contributed by atoms with Crippen molar-refractivity contribution in [1.29, 1.82) is 0 Å². The third-order valence-electron chi connectivity index (χ3n) is 9.74. The van der Waals surface area contributed by atoms with Crippen molar-refractivity contribution in [2.45, 2.75) is 105 Å². The third kappa shape index (κ3) is 3.25. The van der Waals surface area contributed by atoms with Crippen molar-refractivity contribution in [1.82, 2.24) is 0 Å². The molecule has 156 valence electrons. The highest BCUT2D eigenvalue weighted by Crippen LogP contribution is 2.65. The Morgan fingerprint density at radius 1 is 1.11 bits per heavy atom. The van der Waals surface area contributed by atoms with Crippen LogP contribution in [-0.2, 0) is 4.79 Å². The molecule has 0 aliphatic heterocycles. The lowest BCUT2D eigenvalue weighted by Gasteiger charge is -2.54. The quantitative estimate of drug-likeness (QED) is 0.456. The maximum Gasteiger partial charge on any atom is 0.133 e. The van der Waals surface area contributed by atoms with Crippen molar-refractivity contribution < 1.29 is 4.79 Å². The molecule has 0 aromatic carbocycles. The summed E-state index contributed by atoms with van der Waals surface area (Å²) in [4.78, 5) is 12.1. The molecule has 0 amide bonds. The highest BCUT2D eigenvalue weighted by atomic mass is 16.1. The van der Waals surface area contributed by atoms with Crippen molar-refractivity contribution in [3.05, 3.63) is 22.8 Å². The first-order valence-corrected chi connectivity index (χ1v) is 12.1. The molecule has 0 spiro atoms. The first kappa shape index (κ1) is 20.4. The van der Waals surface area contributed by atoms with Gasteiger partial charge in [0.05, 0.1) is 0 Å². The minimum atomic E-state index is 0.343. The van der Waals surface area contributed by atoms with Gasteiger partial charge in [0.1, 0.15) is 5.78 Å². The monoisotopic (exact) mass is 382 g/mol. The highest BCUT2D eigenvalue weighted by molar-refractivity contribution is 5.80. The summed E-state index contributed by atoms with van der Waals surface area (Å²) < 4.78 is 0. The minimum absolute atomic E-state index is 0.343. The van der Waals surface area contributed by atoms with Gasteiger partial charge in [-0.3, -0.25) is 4.79 Å². The Bertz CT molecular complexity index is 693. The predicted octanol–water partition coefficient (Wildman–Crippen LogP) is 7.66. The van der Waals surface area contributed by atoms with E-state index in [0.29, 0.717) is 22.5 Å². The SMILES string of the molecule is CC(C)=CCCC(C)C1CCC2C3=C(CCC21C)C1(C)CCC(=O)CC1CC3. The summed E-state index contributed by atoms with van der Waals surface area (Å²) in [6.45, 7) is 12.2. The van der Waals surface area contributed by atoms with Gasteiger partial charge in [0.15, 0.2) is 0 Å². The molecule has 2 fully saturated rings. The number of hydrogen-bond donors (Lipinski definition) is 0. The lowest BCUT2D eigenvalue weighted by molar-refractivity contribution is -0.124. The van der Waals surface area contributed by atoms with Crippen molar-refractivity contribution in [3.63, 3.8) is 0 Å². The van der Waals surface area contributed by atoms with Crippen molar-refractivity contribution >= 4 is 5.78 Å². The molecule has 0 aromatic heterocycles. The zero-order valence-electron chi connectivity index (χ0n) is 19.1. The maximum absolute atomic E-state index is 12.1. The highest BCUT2D eigenvalue weighted by Gasteiger charge is 2.55. The van der Waals surface area contributed by atoms with Gasteiger partial charge in [0.2, 0.25) is 0 Å². The molecule has 1 heteroatoms. The lowest BCUT2D eigenvalue weighted by atomic mass is 9.50.